The maximum atomic E-state index is 11.7. The molecule has 2 amide bonds. The van der Waals surface area contributed by atoms with Gasteiger partial charge < -0.3 is 10.6 Å². The van der Waals surface area contributed by atoms with Crippen molar-refractivity contribution in [3.8, 4) is 0 Å². The number of carbonyl (C=O) groups is 2. The van der Waals surface area contributed by atoms with Crippen molar-refractivity contribution in [1.29, 1.82) is 0 Å². The minimum Gasteiger partial charge on any atom is -0.353 e. The third kappa shape index (κ3) is 8.11. The zero-order chi connectivity index (χ0) is 18.5. The monoisotopic (exact) mass is 348 g/mol. The van der Waals surface area contributed by atoms with Crippen LogP contribution in [0.4, 0.5) is 0 Å². The standard InChI is InChI=1S/C22H24N2O2/c25-21(15-13-19-9-3-1-4-10-19)23-17-7-8-18-24-22(26)16-14-20-11-5-2-6-12-20/h1-6,9-16H,7-8,17-18H2,(H,23,25)(H,24,26)/b15-13-,16-14+. The molecule has 4 heteroatoms. The Morgan fingerprint density at radius 1 is 0.654 bits per heavy atom. The molecule has 0 aromatic heterocycles. The van der Waals surface area contributed by atoms with Crippen molar-refractivity contribution in [2.75, 3.05) is 13.1 Å². The van der Waals surface area contributed by atoms with Gasteiger partial charge in [0.05, 0.1) is 0 Å². The Morgan fingerprint density at radius 3 is 1.42 bits per heavy atom. The first-order chi connectivity index (χ1) is 12.7. The molecule has 26 heavy (non-hydrogen) atoms. The van der Waals surface area contributed by atoms with Crippen LogP contribution in [0.2, 0.25) is 0 Å². The van der Waals surface area contributed by atoms with Gasteiger partial charge >= 0.3 is 0 Å². The maximum absolute atomic E-state index is 11.7. The first kappa shape index (κ1) is 19.2. The van der Waals surface area contributed by atoms with E-state index < -0.39 is 0 Å². The Labute approximate surface area is 154 Å². The largest absolute Gasteiger partial charge is 0.353 e. The van der Waals surface area contributed by atoms with E-state index in [1.807, 2.05) is 60.7 Å². The summed E-state index contributed by atoms with van der Waals surface area (Å²) in [7, 11) is 0. The molecule has 134 valence electrons. The summed E-state index contributed by atoms with van der Waals surface area (Å²) in [5.41, 5.74) is 1.99. The molecule has 0 aliphatic rings. The van der Waals surface area contributed by atoms with Gasteiger partial charge in [0.1, 0.15) is 0 Å². The number of rotatable bonds is 9. The van der Waals surface area contributed by atoms with E-state index in [1.54, 1.807) is 12.2 Å². The smallest absolute Gasteiger partial charge is 0.243 e. The van der Waals surface area contributed by atoms with Gasteiger partial charge in [0.25, 0.3) is 0 Å². The van der Waals surface area contributed by atoms with Crippen LogP contribution in [-0.4, -0.2) is 24.9 Å². The van der Waals surface area contributed by atoms with E-state index in [0.29, 0.717) is 13.1 Å². The molecule has 0 saturated heterocycles. The number of carbonyl (C=O) groups excluding carboxylic acids is 2. The second-order valence-corrected chi connectivity index (χ2v) is 5.78. The Kier molecular flexibility index (Phi) is 8.43. The highest BCUT2D eigenvalue weighted by Gasteiger charge is 1.97. The highest BCUT2D eigenvalue weighted by molar-refractivity contribution is 5.92. The van der Waals surface area contributed by atoms with Gasteiger partial charge in [-0.3, -0.25) is 9.59 Å². The third-order valence-corrected chi connectivity index (χ3v) is 3.66. The lowest BCUT2D eigenvalue weighted by Gasteiger charge is -2.03. The van der Waals surface area contributed by atoms with E-state index in [-0.39, 0.29) is 11.8 Å². The predicted molar refractivity (Wildman–Crippen MR) is 106 cm³/mol. The number of amides is 2. The first-order valence-electron chi connectivity index (χ1n) is 8.76. The van der Waals surface area contributed by atoms with Gasteiger partial charge in [0.15, 0.2) is 0 Å². The molecule has 0 aliphatic carbocycles. The molecule has 2 rings (SSSR count). The molecule has 0 unspecified atom stereocenters. The van der Waals surface area contributed by atoms with E-state index >= 15 is 0 Å². The summed E-state index contributed by atoms with van der Waals surface area (Å²) >= 11 is 0. The van der Waals surface area contributed by atoms with E-state index in [9.17, 15) is 9.59 Å². The molecule has 0 saturated carbocycles. The van der Waals surface area contributed by atoms with Gasteiger partial charge in [-0.2, -0.15) is 0 Å². The molecule has 0 radical (unpaired) electrons. The molecule has 0 heterocycles. The fourth-order valence-electron chi connectivity index (χ4n) is 2.26. The topological polar surface area (TPSA) is 58.2 Å². The highest BCUT2D eigenvalue weighted by atomic mass is 16.2. The summed E-state index contributed by atoms with van der Waals surface area (Å²) in [5.74, 6) is -0.215. The first-order valence-corrected chi connectivity index (χ1v) is 8.76. The van der Waals surface area contributed by atoms with E-state index in [2.05, 4.69) is 10.6 Å². The van der Waals surface area contributed by atoms with Crippen molar-refractivity contribution in [2.45, 2.75) is 12.8 Å². The zero-order valence-corrected chi connectivity index (χ0v) is 14.7. The predicted octanol–water partition coefficient (Wildman–Crippen LogP) is 3.43. The number of nitrogens with one attached hydrogen (secondary N) is 2. The van der Waals surface area contributed by atoms with Gasteiger partial charge in [-0.15, -0.1) is 0 Å². The zero-order valence-electron chi connectivity index (χ0n) is 14.7. The molecule has 2 aromatic carbocycles. The lowest BCUT2D eigenvalue weighted by molar-refractivity contribution is -0.117. The Hall–Kier alpha value is -3.14. The molecule has 0 bridgehead atoms. The number of benzene rings is 2. The fourth-order valence-corrected chi connectivity index (χ4v) is 2.26. The third-order valence-electron chi connectivity index (χ3n) is 3.66. The van der Waals surface area contributed by atoms with Crippen LogP contribution in [0.25, 0.3) is 12.2 Å². The number of hydrogen-bond acceptors (Lipinski definition) is 2. The average Bonchev–Trinajstić information content (AvgIpc) is 2.69. The number of unbranched alkanes of at least 4 members (excludes halogenated alkanes) is 1. The Bertz CT molecular complexity index is 672. The van der Waals surface area contributed by atoms with E-state index in [0.717, 1.165) is 24.0 Å². The average molecular weight is 348 g/mol. The summed E-state index contributed by atoms with van der Waals surface area (Å²) in [5, 5.41) is 5.67. The lowest BCUT2D eigenvalue weighted by atomic mass is 10.2. The second kappa shape index (κ2) is 11.4. The molecule has 4 nitrogen and oxygen atoms in total. The Morgan fingerprint density at radius 2 is 1.04 bits per heavy atom. The molecule has 2 N–H and O–H groups in total. The van der Waals surface area contributed by atoms with Gasteiger partial charge in [-0.05, 0) is 36.1 Å². The van der Waals surface area contributed by atoms with Crippen molar-refractivity contribution < 1.29 is 9.59 Å². The van der Waals surface area contributed by atoms with Gasteiger partial charge in [-0.1, -0.05) is 60.7 Å². The summed E-state index contributed by atoms with van der Waals surface area (Å²) in [6, 6.07) is 19.4. The summed E-state index contributed by atoms with van der Waals surface area (Å²) in [6.45, 7) is 1.18. The van der Waals surface area contributed by atoms with Crippen molar-refractivity contribution in [3.63, 3.8) is 0 Å². The minimum absolute atomic E-state index is 0.108. The maximum Gasteiger partial charge on any atom is 0.243 e. The van der Waals surface area contributed by atoms with Crippen LogP contribution in [-0.2, 0) is 9.59 Å². The van der Waals surface area contributed by atoms with Crippen molar-refractivity contribution in [1.82, 2.24) is 10.6 Å². The van der Waals surface area contributed by atoms with Gasteiger partial charge in [0.2, 0.25) is 11.8 Å². The van der Waals surface area contributed by atoms with Crippen LogP contribution >= 0.6 is 0 Å². The normalized spacial score (nSPS) is 10.9. The lowest BCUT2D eigenvalue weighted by Crippen LogP contribution is -2.25. The number of hydrogen-bond donors (Lipinski definition) is 2. The molecule has 0 atom stereocenters. The molecule has 0 spiro atoms. The van der Waals surface area contributed by atoms with Crippen LogP contribution in [0.15, 0.2) is 72.8 Å². The summed E-state index contributed by atoms with van der Waals surface area (Å²) in [6.07, 6.45) is 8.27. The quantitative estimate of drug-likeness (QED) is 0.539. The van der Waals surface area contributed by atoms with Crippen LogP contribution in [0.1, 0.15) is 24.0 Å². The van der Waals surface area contributed by atoms with Crippen LogP contribution in [0.5, 0.6) is 0 Å². The van der Waals surface area contributed by atoms with Crippen LogP contribution in [0.3, 0.4) is 0 Å². The van der Waals surface area contributed by atoms with Crippen molar-refractivity contribution in [3.05, 3.63) is 83.9 Å². The summed E-state index contributed by atoms with van der Waals surface area (Å²) < 4.78 is 0. The molecule has 2 aromatic rings. The molecular formula is C22H24N2O2. The van der Waals surface area contributed by atoms with E-state index in [1.165, 1.54) is 12.2 Å². The second-order valence-electron chi connectivity index (χ2n) is 5.78. The Balaban J connectivity index is 1.53. The van der Waals surface area contributed by atoms with Crippen molar-refractivity contribution >= 4 is 24.0 Å². The molecule has 0 aliphatic heterocycles. The van der Waals surface area contributed by atoms with E-state index in [4.69, 9.17) is 0 Å². The summed E-state index contributed by atoms with van der Waals surface area (Å²) in [4.78, 5) is 23.4. The van der Waals surface area contributed by atoms with Crippen molar-refractivity contribution in [2.24, 2.45) is 0 Å². The highest BCUT2D eigenvalue weighted by Crippen LogP contribution is 2.01. The van der Waals surface area contributed by atoms with Crippen LogP contribution in [0, 0.1) is 0 Å². The minimum atomic E-state index is -0.108. The van der Waals surface area contributed by atoms with Gasteiger partial charge in [-0.25, -0.2) is 0 Å². The molecule has 0 fully saturated rings. The van der Waals surface area contributed by atoms with Gasteiger partial charge in [0, 0.05) is 25.2 Å². The van der Waals surface area contributed by atoms with Crippen LogP contribution < -0.4 is 10.6 Å². The fraction of sp³-hybridized carbons (Fsp3) is 0.182. The SMILES string of the molecule is O=C(/C=C\c1ccccc1)NCCCCNC(=O)/C=C/c1ccccc1. The molecular weight excluding hydrogens is 324 g/mol.